The van der Waals surface area contributed by atoms with E-state index in [2.05, 4.69) is 29.6 Å². The van der Waals surface area contributed by atoms with Crippen molar-refractivity contribution in [2.24, 2.45) is 5.73 Å². The van der Waals surface area contributed by atoms with Crippen molar-refractivity contribution in [3.63, 3.8) is 0 Å². The van der Waals surface area contributed by atoms with E-state index in [0.717, 1.165) is 37.4 Å². The molecular formula is C15H20N2O. The average Bonchev–Trinajstić information content (AvgIpc) is 2.43. The zero-order valence-corrected chi connectivity index (χ0v) is 10.8. The summed E-state index contributed by atoms with van der Waals surface area (Å²) in [5, 5.41) is 5.83. The molecule has 18 heavy (non-hydrogen) atoms. The SMILES string of the molecule is COc1ccc2cc(NCCCCN)ccc2c1. The molecule has 0 spiro atoms. The minimum Gasteiger partial charge on any atom is -0.497 e. The summed E-state index contributed by atoms with van der Waals surface area (Å²) in [6.07, 6.45) is 2.18. The Hall–Kier alpha value is -1.74. The van der Waals surface area contributed by atoms with Crippen molar-refractivity contribution in [1.29, 1.82) is 0 Å². The van der Waals surface area contributed by atoms with Crippen LogP contribution in [0.15, 0.2) is 36.4 Å². The van der Waals surface area contributed by atoms with E-state index in [1.54, 1.807) is 7.11 Å². The van der Waals surface area contributed by atoms with Gasteiger partial charge in [0.25, 0.3) is 0 Å². The van der Waals surface area contributed by atoms with Gasteiger partial charge in [-0.2, -0.15) is 0 Å². The number of nitrogens with one attached hydrogen (secondary N) is 1. The highest BCUT2D eigenvalue weighted by Gasteiger charge is 1.98. The van der Waals surface area contributed by atoms with Crippen LogP contribution in [-0.4, -0.2) is 20.2 Å². The van der Waals surface area contributed by atoms with Crippen LogP contribution in [0, 0.1) is 0 Å². The van der Waals surface area contributed by atoms with Gasteiger partial charge in [0, 0.05) is 12.2 Å². The lowest BCUT2D eigenvalue weighted by Crippen LogP contribution is -2.05. The third-order valence-electron chi connectivity index (χ3n) is 3.01. The highest BCUT2D eigenvalue weighted by Crippen LogP contribution is 2.23. The maximum atomic E-state index is 5.47. The predicted molar refractivity (Wildman–Crippen MR) is 77.3 cm³/mol. The molecule has 0 aliphatic carbocycles. The van der Waals surface area contributed by atoms with E-state index in [4.69, 9.17) is 10.5 Å². The molecule has 3 heteroatoms. The topological polar surface area (TPSA) is 47.3 Å². The molecule has 0 aliphatic rings. The largest absolute Gasteiger partial charge is 0.497 e. The van der Waals surface area contributed by atoms with Gasteiger partial charge >= 0.3 is 0 Å². The molecule has 0 aromatic heterocycles. The fourth-order valence-corrected chi connectivity index (χ4v) is 1.96. The van der Waals surface area contributed by atoms with Crippen LogP contribution in [0.4, 0.5) is 5.69 Å². The number of nitrogens with two attached hydrogens (primary N) is 1. The minimum atomic E-state index is 0.763. The third-order valence-corrected chi connectivity index (χ3v) is 3.01. The molecule has 96 valence electrons. The van der Waals surface area contributed by atoms with Crippen LogP contribution in [0.2, 0.25) is 0 Å². The van der Waals surface area contributed by atoms with Gasteiger partial charge in [-0.1, -0.05) is 12.1 Å². The standard InChI is InChI=1S/C15H20N2O/c1-18-15-7-5-12-10-14(6-4-13(12)11-15)17-9-3-2-8-16/h4-7,10-11,17H,2-3,8-9,16H2,1H3. The van der Waals surface area contributed by atoms with Gasteiger partial charge in [-0.15, -0.1) is 0 Å². The first-order valence-corrected chi connectivity index (χ1v) is 6.35. The number of anilines is 1. The molecule has 0 radical (unpaired) electrons. The summed E-state index contributed by atoms with van der Waals surface area (Å²) in [6.45, 7) is 1.73. The second-order valence-corrected chi connectivity index (χ2v) is 4.35. The first-order chi connectivity index (χ1) is 8.83. The summed E-state index contributed by atoms with van der Waals surface area (Å²) in [5.74, 6) is 0.895. The number of rotatable bonds is 6. The lowest BCUT2D eigenvalue weighted by atomic mass is 10.1. The van der Waals surface area contributed by atoms with Crippen molar-refractivity contribution in [2.45, 2.75) is 12.8 Å². The normalized spacial score (nSPS) is 10.6. The van der Waals surface area contributed by atoms with Crippen LogP contribution in [-0.2, 0) is 0 Å². The molecule has 0 saturated heterocycles. The van der Waals surface area contributed by atoms with Crippen LogP contribution < -0.4 is 15.8 Å². The third kappa shape index (κ3) is 3.14. The molecule has 0 heterocycles. The molecule has 0 amide bonds. The van der Waals surface area contributed by atoms with Crippen molar-refractivity contribution in [2.75, 3.05) is 25.5 Å². The van der Waals surface area contributed by atoms with Crippen molar-refractivity contribution >= 4 is 16.5 Å². The zero-order valence-electron chi connectivity index (χ0n) is 10.8. The number of hydrogen-bond donors (Lipinski definition) is 2. The van der Waals surface area contributed by atoms with Gasteiger partial charge in [-0.3, -0.25) is 0 Å². The van der Waals surface area contributed by atoms with E-state index in [9.17, 15) is 0 Å². The summed E-state index contributed by atoms with van der Waals surface area (Å²) in [7, 11) is 1.69. The Morgan fingerprint density at radius 3 is 2.61 bits per heavy atom. The average molecular weight is 244 g/mol. The number of methoxy groups -OCH3 is 1. The van der Waals surface area contributed by atoms with Crippen LogP contribution in [0.25, 0.3) is 10.8 Å². The molecule has 0 bridgehead atoms. The molecule has 2 aromatic rings. The molecule has 0 unspecified atom stereocenters. The summed E-state index contributed by atoms with van der Waals surface area (Å²) >= 11 is 0. The van der Waals surface area contributed by atoms with E-state index < -0.39 is 0 Å². The molecular weight excluding hydrogens is 224 g/mol. The lowest BCUT2D eigenvalue weighted by Gasteiger charge is -2.08. The minimum absolute atomic E-state index is 0.763. The summed E-state index contributed by atoms with van der Waals surface area (Å²) < 4.78 is 5.22. The molecule has 3 nitrogen and oxygen atoms in total. The zero-order chi connectivity index (χ0) is 12.8. The predicted octanol–water partition coefficient (Wildman–Crippen LogP) is 3.00. The van der Waals surface area contributed by atoms with Gasteiger partial charge in [-0.05, 0) is 54.4 Å². The van der Waals surface area contributed by atoms with Gasteiger partial charge in [0.1, 0.15) is 5.75 Å². The molecule has 2 rings (SSSR count). The Kier molecular flexibility index (Phi) is 4.42. The summed E-state index contributed by atoms with van der Waals surface area (Å²) in [5.41, 5.74) is 6.63. The van der Waals surface area contributed by atoms with Crippen LogP contribution in [0.3, 0.4) is 0 Å². The molecule has 0 aliphatic heterocycles. The number of ether oxygens (including phenoxy) is 1. The smallest absolute Gasteiger partial charge is 0.119 e. The fraction of sp³-hybridized carbons (Fsp3) is 0.333. The second-order valence-electron chi connectivity index (χ2n) is 4.35. The Morgan fingerprint density at radius 1 is 1.06 bits per heavy atom. The monoisotopic (exact) mass is 244 g/mol. The Labute approximate surface area is 108 Å². The van der Waals surface area contributed by atoms with E-state index in [1.807, 2.05) is 12.1 Å². The van der Waals surface area contributed by atoms with E-state index >= 15 is 0 Å². The summed E-state index contributed by atoms with van der Waals surface area (Å²) in [4.78, 5) is 0. The summed E-state index contributed by atoms with van der Waals surface area (Å²) in [6, 6.07) is 12.5. The Bertz CT molecular complexity index is 511. The Balaban J connectivity index is 2.08. The van der Waals surface area contributed by atoms with Crippen LogP contribution >= 0.6 is 0 Å². The maximum absolute atomic E-state index is 5.47. The molecule has 0 atom stereocenters. The number of hydrogen-bond acceptors (Lipinski definition) is 3. The quantitative estimate of drug-likeness (QED) is 0.768. The molecule has 0 fully saturated rings. The van der Waals surface area contributed by atoms with E-state index in [0.29, 0.717) is 0 Å². The second kappa shape index (κ2) is 6.26. The van der Waals surface area contributed by atoms with E-state index in [-0.39, 0.29) is 0 Å². The highest BCUT2D eigenvalue weighted by molar-refractivity contribution is 5.86. The van der Waals surface area contributed by atoms with Crippen molar-refractivity contribution < 1.29 is 4.74 Å². The van der Waals surface area contributed by atoms with E-state index in [1.165, 1.54) is 10.8 Å². The highest BCUT2D eigenvalue weighted by atomic mass is 16.5. The van der Waals surface area contributed by atoms with Gasteiger partial charge in [0.05, 0.1) is 7.11 Å². The number of benzene rings is 2. The fourth-order valence-electron chi connectivity index (χ4n) is 1.96. The van der Waals surface area contributed by atoms with Crippen molar-refractivity contribution in [3.05, 3.63) is 36.4 Å². The Morgan fingerprint density at radius 2 is 1.83 bits per heavy atom. The number of unbranched alkanes of at least 4 members (excludes halogenated alkanes) is 1. The molecule has 0 saturated carbocycles. The molecule has 3 N–H and O–H groups in total. The van der Waals surface area contributed by atoms with Crippen LogP contribution in [0.1, 0.15) is 12.8 Å². The first kappa shape index (κ1) is 12.7. The van der Waals surface area contributed by atoms with Gasteiger partial charge in [0.2, 0.25) is 0 Å². The van der Waals surface area contributed by atoms with Gasteiger partial charge < -0.3 is 15.8 Å². The number of fused-ring (bicyclic) bond motifs is 1. The van der Waals surface area contributed by atoms with Crippen molar-refractivity contribution in [3.8, 4) is 5.75 Å². The maximum Gasteiger partial charge on any atom is 0.119 e. The van der Waals surface area contributed by atoms with Crippen molar-refractivity contribution in [1.82, 2.24) is 0 Å². The van der Waals surface area contributed by atoms with Gasteiger partial charge in [-0.25, -0.2) is 0 Å². The van der Waals surface area contributed by atoms with Crippen LogP contribution in [0.5, 0.6) is 5.75 Å². The molecule has 2 aromatic carbocycles. The first-order valence-electron chi connectivity index (χ1n) is 6.35. The lowest BCUT2D eigenvalue weighted by molar-refractivity contribution is 0.415. The van der Waals surface area contributed by atoms with Gasteiger partial charge in [0.15, 0.2) is 0 Å².